The van der Waals surface area contributed by atoms with Crippen LogP contribution >= 0.6 is 0 Å². The van der Waals surface area contributed by atoms with E-state index >= 15 is 0 Å². The Morgan fingerprint density at radius 2 is 2.06 bits per heavy atom. The van der Waals surface area contributed by atoms with E-state index in [-0.39, 0.29) is 11.1 Å². The molecule has 1 aromatic rings. The van der Waals surface area contributed by atoms with Gasteiger partial charge in [-0.15, -0.1) is 5.10 Å². The molecular formula is C12H21N3O2. The normalized spacial score (nSPS) is 13.7. The molecule has 1 atom stereocenters. The minimum atomic E-state index is -1.01. The van der Waals surface area contributed by atoms with E-state index in [0.29, 0.717) is 18.2 Å². The van der Waals surface area contributed by atoms with Crippen LogP contribution in [0.5, 0.6) is 0 Å². The van der Waals surface area contributed by atoms with Crippen LogP contribution in [0, 0.1) is 5.92 Å². The summed E-state index contributed by atoms with van der Waals surface area (Å²) in [4.78, 5) is 11.1. The summed E-state index contributed by atoms with van der Waals surface area (Å²) in [6.45, 7) is 10.9. The van der Waals surface area contributed by atoms with Gasteiger partial charge in [0.05, 0.1) is 5.69 Å². The second-order valence-corrected chi connectivity index (χ2v) is 5.54. The van der Waals surface area contributed by atoms with E-state index in [0.717, 1.165) is 6.42 Å². The molecule has 0 spiro atoms. The quantitative estimate of drug-likeness (QED) is 0.875. The number of hydrogen-bond donors (Lipinski definition) is 1. The highest BCUT2D eigenvalue weighted by Gasteiger charge is 2.29. The zero-order chi connectivity index (χ0) is 13.2. The van der Waals surface area contributed by atoms with E-state index < -0.39 is 5.97 Å². The average molecular weight is 239 g/mol. The molecule has 96 valence electrons. The number of carboxylic acids is 1. The Balaban J connectivity index is 3.19. The van der Waals surface area contributed by atoms with Crippen molar-refractivity contribution in [2.24, 2.45) is 5.92 Å². The lowest BCUT2D eigenvalue weighted by atomic mass is 9.90. The lowest BCUT2D eigenvalue weighted by Crippen LogP contribution is -2.23. The topological polar surface area (TPSA) is 68.0 Å². The number of carbonyl (C=O) groups is 1. The molecule has 0 fully saturated rings. The molecule has 0 amide bonds. The molecule has 0 aliphatic rings. The SMILES string of the molecule is CCC(C)Cn1nnc(C(=O)O)c1C(C)(C)C. The van der Waals surface area contributed by atoms with Crippen molar-refractivity contribution in [3.8, 4) is 0 Å². The molecule has 0 bridgehead atoms. The van der Waals surface area contributed by atoms with Gasteiger partial charge in [0.1, 0.15) is 0 Å². The van der Waals surface area contributed by atoms with Crippen LogP contribution in [0.2, 0.25) is 0 Å². The Hall–Kier alpha value is -1.39. The summed E-state index contributed by atoms with van der Waals surface area (Å²) in [5.41, 5.74) is 0.496. The first kappa shape index (κ1) is 13.7. The third-order valence-electron chi connectivity index (χ3n) is 2.83. The predicted molar refractivity (Wildman–Crippen MR) is 65.1 cm³/mol. The molecule has 5 nitrogen and oxygen atoms in total. The first-order valence-electron chi connectivity index (χ1n) is 5.94. The number of aromatic carboxylic acids is 1. The van der Waals surface area contributed by atoms with Crippen molar-refractivity contribution in [2.75, 3.05) is 0 Å². The Morgan fingerprint density at radius 3 is 2.47 bits per heavy atom. The minimum absolute atomic E-state index is 0.0702. The van der Waals surface area contributed by atoms with Crippen molar-refractivity contribution in [1.29, 1.82) is 0 Å². The molecule has 0 aromatic carbocycles. The Bertz CT molecular complexity index is 404. The second-order valence-electron chi connectivity index (χ2n) is 5.54. The molecule has 1 aromatic heterocycles. The number of nitrogens with zero attached hydrogens (tertiary/aromatic N) is 3. The molecule has 5 heteroatoms. The molecule has 0 saturated heterocycles. The van der Waals surface area contributed by atoms with Crippen LogP contribution in [0.4, 0.5) is 0 Å². The van der Waals surface area contributed by atoms with Crippen LogP contribution < -0.4 is 0 Å². The van der Waals surface area contributed by atoms with E-state index in [1.807, 2.05) is 20.8 Å². The van der Waals surface area contributed by atoms with Gasteiger partial charge in [-0.1, -0.05) is 46.3 Å². The highest BCUT2D eigenvalue weighted by Crippen LogP contribution is 2.25. The van der Waals surface area contributed by atoms with E-state index in [1.165, 1.54) is 0 Å². The van der Waals surface area contributed by atoms with Gasteiger partial charge in [-0.2, -0.15) is 0 Å². The summed E-state index contributed by atoms with van der Waals surface area (Å²) in [7, 11) is 0. The van der Waals surface area contributed by atoms with Gasteiger partial charge in [0, 0.05) is 12.0 Å². The van der Waals surface area contributed by atoms with Crippen molar-refractivity contribution in [3.63, 3.8) is 0 Å². The van der Waals surface area contributed by atoms with E-state index in [1.54, 1.807) is 4.68 Å². The minimum Gasteiger partial charge on any atom is -0.476 e. The first-order valence-corrected chi connectivity index (χ1v) is 5.94. The standard InChI is InChI=1S/C12H21N3O2/c1-6-8(2)7-15-10(12(3,4)5)9(11(16)17)13-14-15/h8H,6-7H2,1-5H3,(H,16,17). The molecule has 1 unspecified atom stereocenters. The Labute approximate surface area is 102 Å². The van der Waals surface area contributed by atoms with Crippen molar-refractivity contribution < 1.29 is 9.90 Å². The van der Waals surface area contributed by atoms with Gasteiger partial charge in [0.15, 0.2) is 5.69 Å². The molecule has 0 saturated carbocycles. The zero-order valence-corrected chi connectivity index (χ0v) is 11.2. The maximum absolute atomic E-state index is 11.1. The molecule has 1 rings (SSSR count). The molecule has 1 N–H and O–H groups in total. The Kier molecular flexibility index (Phi) is 3.91. The number of aromatic nitrogens is 3. The summed E-state index contributed by atoms with van der Waals surface area (Å²) in [6, 6.07) is 0. The monoisotopic (exact) mass is 239 g/mol. The summed E-state index contributed by atoms with van der Waals surface area (Å²) < 4.78 is 1.73. The molecular weight excluding hydrogens is 218 g/mol. The van der Waals surface area contributed by atoms with Crippen LogP contribution in [0.25, 0.3) is 0 Å². The van der Waals surface area contributed by atoms with Crippen molar-refractivity contribution in [2.45, 2.75) is 53.0 Å². The molecule has 0 aliphatic heterocycles. The molecule has 17 heavy (non-hydrogen) atoms. The maximum Gasteiger partial charge on any atom is 0.358 e. The summed E-state index contributed by atoms with van der Waals surface area (Å²) in [6.07, 6.45) is 1.03. The van der Waals surface area contributed by atoms with E-state index in [2.05, 4.69) is 24.2 Å². The van der Waals surface area contributed by atoms with Crippen molar-refractivity contribution >= 4 is 5.97 Å². The number of rotatable bonds is 4. The van der Waals surface area contributed by atoms with Crippen LogP contribution in [-0.4, -0.2) is 26.1 Å². The van der Waals surface area contributed by atoms with Gasteiger partial charge in [0.25, 0.3) is 0 Å². The van der Waals surface area contributed by atoms with Gasteiger partial charge in [0.2, 0.25) is 0 Å². The lowest BCUT2D eigenvalue weighted by molar-refractivity contribution is 0.0687. The highest BCUT2D eigenvalue weighted by atomic mass is 16.4. The van der Waals surface area contributed by atoms with E-state index in [9.17, 15) is 4.79 Å². The average Bonchev–Trinajstić information content (AvgIpc) is 2.60. The van der Waals surface area contributed by atoms with Gasteiger partial charge in [-0.25, -0.2) is 9.48 Å². The van der Waals surface area contributed by atoms with E-state index in [4.69, 9.17) is 5.11 Å². The number of carboxylic acid groups (broad SMARTS) is 1. The third kappa shape index (κ3) is 3.05. The van der Waals surface area contributed by atoms with Gasteiger partial charge < -0.3 is 5.11 Å². The van der Waals surface area contributed by atoms with Crippen LogP contribution in [0.3, 0.4) is 0 Å². The summed E-state index contributed by atoms with van der Waals surface area (Å²) >= 11 is 0. The summed E-state index contributed by atoms with van der Waals surface area (Å²) in [5.74, 6) is -0.551. The second kappa shape index (κ2) is 4.85. The lowest BCUT2D eigenvalue weighted by Gasteiger charge is -2.21. The maximum atomic E-state index is 11.1. The first-order chi connectivity index (χ1) is 7.77. The fourth-order valence-corrected chi connectivity index (χ4v) is 1.75. The van der Waals surface area contributed by atoms with Crippen LogP contribution in [-0.2, 0) is 12.0 Å². The Morgan fingerprint density at radius 1 is 1.47 bits per heavy atom. The van der Waals surface area contributed by atoms with Crippen LogP contribution in [0.1, 0.15) is 57.2 Å². The van der Waals surface area contributed by atoms with Crippen LogP contribution in [0.15, 0.2) is 0 Å². The summed E-state index contributed by atoms with van der Waals surface area (Å²) in [5, 5.41) is 16.9. The molecule has 1 heterocycles. The van der Waals surface area contributed by atoms with Crippen molar-refractivity contribution in [1.82, 2.24) is 15.0 Å². The predicted octanol–water partition coefficient (Wildman–Crippen LogP) is 2.32. The molecule has 0 aliphatic carbocycles. The number of hydrogen-bond acceptors (Lipinski definition) is 3. The fourth-order valence-electron chi connectivity index (χ4n) is 1.75. The van der Waals surface area contributed by atoms with Gasteiger partial charge in [-0.05, 0) is 5.92 Å². The van der Waals surface area contributed by atoms with Gasteiger partial charge >= 0.3 is 5.97 Å². The van der Waals surface area contributed by atoms with Gasteiger partial charge in [-0.3, -0.25) is 0 Å². The third-order valence-corrected chi connectivity index (χ3v) is 2.83. The highest BCUT2D eigenvalue weighted by molar-refractivity contribution is 5.86. The fraction of sp³-hybridized carbons (Fsp3) is 0.750. The molecule has 0 radical (unpaired) electrons. The zero-order valence-electron chi connectivity index (χ0n) is 11.2. The van der Waals surface area contributed by atoms with Crippen molar-refractivity contribution in [3.05, 3.63) is 11.4 Å². The smallest absolute Gasteiger partial charge is 0.358 e. The largest absolute Gasteiger partial charge is 0.476 e.